The minimum atomic E-state index is -0.167. The number of carbonyl (C=O) groups excluding carboxylic acids is 2. The number of aliphatic hydroxyl groups excluding tert-OH is 4. The maximum atomic E-state index is 8.84. The largest absolute Gasteiger partial charge is 0.517 e. The second-order valence-electron chi connectivity index (χ2n) is 6.12. The second kappa shape index (κ2) is 16.8. The van der Waals surface area contributed by atoms with Gasteiger partial charge in [-0.2, -0.15) is 0 Å². The van der Waals surface area contributed by atoms with Crippen molar-refractivity contribution in [3.8, 4) is 0 Å². The van der Waals surface area contributed by atoms with Gasteiger partial charge in [0.15, 0.2) is 13.2 Å². The summed E-state index contributed by atoms with van der Waals surface area (Å²) in [6.45, 7) is 10.9. The molecule has 2 aliphatic heterocycles. The first-order chi connectivity index (χ1) is 11.9. The van der Waals surface area contributed by atoms with Crippen LogP contribution in [0.4, 0.5) is 0 Å². The van der Waals surface area contributed by atoms with Crippen molar-refractivity contribution in [1.29, 1.82) is 0 Å². The maximum Gasteiger partial charge on any atom is 0.517 e. The molecule has 8 nitrogen and oxygen atoms in total. The third-order valence-electron chi connectivity index (χ3n) is 2.57. The Morgan fingerprint density at radius 1 is 0.778 bits per heavy atom. The Kier molecular flexibility index (Phi) is 18.9. The third-order valence-corrected chi connectivity index (χ3v) is 2.57. The summed E-state index contributed by atoms with van der Waals surface area (Å²) in [6.07, 6.45) is 0.877. The van der Waals surface area contributed by atoms with Crippen molar-refractivity contribution < 1.29 is 61.2 Å². The van der Waals surface area contributed by atoms with E-state index in [4.69, 9.17) is 30.0 Å². The molecule has 0 aromatic carbocycles. The minimum Gasteiger partial charge on any atom is -0.512 e. The molecule has 0 saturated carbocycles. The van der Waals surface area contributed by atoms with Crippen LogP contribution in [0.3, 0.4) is 0 Å². The van der Waals surface area contributed by atoms with Crippen LogP contribution in [0.2, 0.25) is 0 Å². The minimum absolute atomic E-state index is 0. The van der Waals surface area contributed by atoms with Crippen LogP contribution in [0.1, 0.15) is 54.4 Å². The zero-order chi connectivity index (χ0) is 20.9. The summed E-state index contributed by atoms with van der Waals surface area (Å²) in [5.74, 6) is 0.0278. The van der Waals surface area contributed by atoms with Gasteiger partial charge in [0, 0.05) is 46.8 Å². The van der Waals surface area contributed by atoms with Crippen LogP contribution >= 0.6 is 0 Å². The predicted molar refractivity (Wildman–Crippen MR) is 100 cm³/mol. The molecule has 0 amide bonds. The Balaban J connectivity index is -0.000000303. The van der Waals surface area contributed by atoms with E-state index in [9.17, 15) is 0 Å². The Bertz CT molecular complexity index is 450. The molecule has 6 N–H and O–H groups in total. The summed E-state index contributed by atoms with van der Waals surface area (Å²) in [5, 5.41) is 33.8. The van der Waals surface area contributed by atoms with Crippen molar-refractivity contribution in [2.75, 3.05) is 13.2 Å². The number of aliphatic hydroxyl groups is 4. The topological polar surface area (TPSA) is 142 Å². The van der Waals surface area contributed by atoms with E-state index in [1.165, 1.54) is 13.8 Å². The van der Waals surface area contributed by atoms with E-state index < -0.39 is 0 Å². The molecule has 0 aliphatic carbocycles. The SMILES string of the molecule is C/C(O)=C1\CCOC1=[OH+].C/C(O)=C1\CCOC1=[OH+].CC(C)O.CC(C)O.[Ti]. The van der Waals surface area contributed by atoms with Gasteiger partial charge in [-0.25, -0.2) is 0 Å². The van der Waals surface area contributed by atoms with Crippen molar-refractivity contribution in [2.45, 2.75) is 66.6 Å². The molecule has 0 bridgehead atoms. The molecule has 0 radical (unpaired) electrons. The van der Waals surface area contributed by atoms with Crippen molar-refractivity contribution in [3.63, 3.8) is 0 Å². The van der Waals surface area contributed by atoms with E-state index >= 15 is 0 Å². The average Bonchev–Trinajstić information content (AvgIpc) is 3.06. The molecule has 2 fully saturated rings. The molecule has 156 valence electrons. The van der Waals surface area contributed by atoms with Crippen molar-refractivity contribution in [2.24, 2.45) is 0 Å². The first kappa shape index (κ1) is 30.4. The van der Waals surface area contributed by atoms with E-state index in [-0.39, 0.29) is 57.4 Å². The van der Waals surface area contributed by atoms with Gasteiger partial charge in [-0.3, -0.25) is 0 Å². The molecule has 2 saturated heterocycles. The molecule has 2 rings (SSSR count). The number of esters is 2. The molecule has 0 aromatic heterocycles. The number of ether oxygens (including phenoxy) is 2. The van der Waals surface area contributed by atoms with Gasteiger partial charge in [0.1, 0.15) is 22.7 Å². The van der Waals surface area contributed by atoms with Gasteiger partial charge in [0.05, 0.1) is 0 Å². The van der Waals surface area contributed by atoms with Gasteiger partial charge in [-0.1, -0.05) is 0 Å². The molecule has 9 heteroatoms. The van der Waals surface area contributed by atoms with Gasteiger partial charge < -0.3 is 39.5 Å². The molecule has 27 heavy (non-hydrogen) atoms. The molecule has 0 spiro atoms. The molecule has 0 aromatic rings. The number of hydrogen-bond donors (Lipinski definition) is 4. The van der Waals surface area contributed by atoms with E-state index in [2.05, 4.69) is 9.47 Å². The van der Waals surface area contributed by atoms with Crippen molar-refractivity contribution >= 4 is 11.9 Å². The average molecular weight is 426 g/mol. The monoisotopic (exact) mass is 426 g/mol. The van der Waals surface area contributed by atoms with Gasteiger partial charge in [0.25, 0.3) is 0 Å². The van der Waals surface area contributed by atoms with E-state index in [0.717, 1.165) is 0 Å². The van der Waals surface area contributed by atoms with Crippen LogP contribution in [0, 0.1) is 0 Å². The van der Waals surface area contributed by atoms with Crippen molar-refractivity contribution in [3.05, 3.63) is 22.7 Å². The number of allylic oxidation sites excluding steroid dienone is 2. The Labute approximate surface area is 175 Å². The van der Waals surface area contributed by atoms with Gasteiger partial charge >= 0.3 is 11.9 Å². The molecule has 0 atom stereocenters. The summed E-state index contributed by atoms with van der Waals surface area (Å²) in [4.78, 5) is 17.7. The molecule has 0 unspecified atom stereocenters. The molecular formula is C18H34O8Ti+2. The molecular weight excluding hydrogens is 392 g/mol. The first-order valence-corrected chi connectivity index (χ1v) is 8.41. The summed E-state index contributed by atoms with van der Waals surface area (Å²) in [6, 6.07) is 0. The predicted octanol–water partition coefficient (Wildman–Crippen LogP) is 2.25. The number of cyclic esters (lactones) is 2. The van der Waals surface area contributed by atoms with Crippen LogP contribution in [-0.2, 0) is 31.2 Å². The third kappa shape index (κ3) is 17.8. The zero-order valence-electron chi connectivity index (χ0n) is 17.0. The summed E-state index contributed by atoms with van der Waals surface area (Å²) < 4.78 is 9.36. The number of rotatable bonds is 0. The fourth-order valence-electron chi connectivity index (χ4n) is 1.56. The summed E-state index contributed by atoms with van der Waals surface area (Å²) in [5.41, 5.74) is 1.05. The molecule has 2 heterocycles. The normalized spacial score (nSPS) is 18.6. The smallest absolute Gasteiger partial charge is 0.512 e. The maximum absolute atomic E-state index is 8.84. The van der Waals surface area contributed by atoms with E-state index in [0.29, 0.717) is 37.2 Å². The van der Waals surface area contributed by atoms with Crippen LogP contribution in [0.5, 0.6) is 0 Å². The van der Waals surface area contributed by atoms with Gasteiger partial charge in [-0.15, -0.1) is 0 Å². The standard InChI is InChI=1S/2C6H8O3.2C3H8O.Ti/c2*1-4(7)5-2-3-9-6(5)8;2*1-3(2)4;/h2*7H,2-3H2,1H3;2*3-4H,1-2H3;/p+2/b2*5-4-;;;. The second-order valence-corrected chi connectivity index (χ2v) is 6.12. The van der Waals surface area contributed by atoms with Crippen LogP contribution in [0.15, 0.2) is 22.7 Å². The summed E-state index contributed by atoms with van der Waals surface area (Å²) >= 11 is 0. The quantitative estimate of drug-likeness (QED) is 0.154. The fourth-order valence-corrected chi connectivity index (χ4v) is 1.56. The molecule has 2 aliphatic rings. The van der Waals surface area contributed by atoms with E-state index in [1.54, 1.807) is 27.7 Å². The van der Waals surface area contributed by atoms with Crippen molar-refractivity contribution in [1.82, 2.24) is 0 Å². The van der Waals surface area contributed by atoms with Crippen LogP contribution < -0.4 is 0 Å². The fraction of sp³-hybridized carbons (Fsp3) is 0.667. The summed E-state index contributed by atoms with van der Waals surface area (Å²) in [7, 11) is 0. The Morgan fingerprint density at radius 2 is 1.00 bits per heavy atom. The van der Waals surface area contributed by atoms with E-state index in [1.807, 2.05) is 0 Å². The van der Waals surface area contributed by atoms with Gasteiger partial charge in [0.2, 0.25) is 0 Å². The zero-order valence-corrected chi connectivity index (χ0v) is 18.5. The Morgan fingerprint density at radius 3 is 1.07 bits per heavy atom. The van der Waals surface area contributed by atoms with Crippen LogP contribution in [0.25, 0.3) is 0 Å². The Hall–Kier alpha value is -1.35. The number of hydrogen-bond acceptors (Lipinski definition) is 6. The van der Waals surface area contributed by atoms with Crippen LogP contribution in [-0.4, -0.2) is 67.4 Å². The first-order valence-electron chi connectivity index (χ1n) is 8.41. The van der Waals surface area contributed by atoms with Gasteiger partial charge in [-0.05, 0) is 41.5 Å².